The molecule has 0 aliphatic rings. The summed E-state index contributed by atoms with van der Waals surface area (Å²) in [5, 5.41) is 12.5. The molecule has 1 atom stereocenters. The van der Waals surface area contributed by atoms with E-state index < -0.39 is 0 Å². The Hall–Kier alpha value is -1.29. The standard InChI is InChI=1S/C11H19N3O/c1-4-13-10-5-11(7-12-6-10)14(3)8-9(2)15/h5-7,9,13,15H,4,8H2,1-3H3. The van der Waals surface area contributed by atoms with Crippen LogP contribution in [0.2, 0.25) is 0 Å². The van der Waals surface area contributed by atoms with Gasteiger partial charge < -0.3 is 15.3 Å². The normalized spacial score (nSPS) is 12.3. The van der Waals surface area contributed by atoms with E-state index in [0.717, 1.165) is 17.9 Å². The Labute approximate surface area is 90.9 Å². The van der Waals surface area contributed by atoms with E-state index in [-0.39, 0.29) is 6.10 Å². The summed E-state index contributed by atoms with van der Waals surface area (Å²) in [6.45, 7) is 5.31. The van der Waals surface area contributed by atoms with Crippen molar-refractivity contribution in [2.24, 2.45) is 0 Å². The van der Waals surface area contributed by atoms with Gasteiger partial charge in [-0.25, -0.2) is 0 Å². The monoisotopic (exact) mass is 209 g/mol. The molecule has 0 aliphatic carbocycles. The third kappa shape index (κ3) is 3.75. The van der Waals surface area contributed by atoms with Gasteiger partial charge in [0.2, 0.25) is 0 Å². The molecule has 1 aromatic rings. The summed E-state index contributed by atoms with van der Waals surface area (Å²) in [6.07, 6.45) is 3.25. The van der Waals surface area contributed by atoms with Crippen molar-refractivity contribution in [3.05, 3.63) is 18.5 Å². The van der Waals surface area contributed by atoms with Gasteiger partial charge in [-0.2, -0.15) is 0 Å². The molecule has 0 radical (unpaired) electrons. The number of aromatic nitrogens is 1. The van der Waals surface area contributed by atoms with Gasteiger partial charge in [-0.15, -0.1) is 0 Å². The van der Waals surface area contributed by atoms with Crippen LogP contribution in [0.3, 0.4) is 0 Å². The van der Waals surface area contributed by atoms with E-state index in [9.17, 15) is 5.11 Å². The number of anilines is 2. The zero-order valence-corrected chi connectivity index (χ0v) is 9.57. The highest BCUT2D eigenvalue weighted by atomic mass is 16.3. The van der Waals surface area contributed by atoms with Crippen LogP contribution in [-0.2, 0) is 0 Å². The quantitative estimate of drug-likeness (QED) is 0.768. The molecule has 0 amide bonds. The maximum Gasteiger partial charge on any atom is 0.0686 e. The average Bonchev–Trinajstić information content (AvgIpc) is 2.17. The fourth-order valence-electron chi connectivity index (χ4n) is 1.44. The molecular weight excluding hydrogens is 190 g/mol. The third-order valence-electron chi connectivity index (χ3n) is 2.08. The minimum absolute atomic E-state index is 0.335. The van der Waals surface area contributed by atoms with Crippen molar-refractivity contribution in [1.82, 2.24) is 4.98 Å². The molecule has 4 nitrogen and oxygen atoms in total. The van der Waals surface area contributed by atoms with Crippen LogP contribution < -0.4 is 10.2 Å². The molecule has 1 heterocycles. The first-order valence-electron chi connectivity index (χ1n) is 5.21. The Kier molecular flexibility index (Phi) is 4.37. The number of aliphatic hydroxyl groups excluding tert-OH is 1. The Morgan fingerprint density at radius 3 is 2.87 bits per heavy atom. The van der Waals surface area contributed by atoms with E-state index in [2.05, 4.69) is 10.3 Å². The van der Waals surface area contributed by atoms with Crippen molar-refractivity contribution in [2.45, 2.75) is 20.0 Å². The summed E-state index contributed by atoms with van der Waals surface area (Å²) >= 11 is 0. The van der Waals surface area contributed by atoms with Crippen LogP contribution in [0.1, 0.15) is 13.8 Å². The average molecular weight is 209 g/mol. The second-order valence-corrected chi connectivity index (χ2v) is 3.69. The molecule has 0 bridgehead atoms. The molecule has 15 heavy (non-hydrogen) atoms. The van der Waals surface area contributed by atoms with Gasteiger partial charge >= 0.3 is 0 Å². The maximum absolute atomic E-state index is 9.28. The number of hydrogen-bond donors (Lipinski definition) is 2. The Bertz CT molecular complexity index is 302. The summed E-state index contributed by atoms with van der Waals surface area (Å²) in [5.74, 6) is 0. The Morgan fingerprint density at radius 1 is 1.53 bits per heavy atom. The number of hydrogen-bond acceptors (Lipinski definition) is 4. The van der Waals surface area contributed by atoms with Gasteiger partial charge in [-0.05, 0) is 19.9 Å². The highest BCUT2D eigenvalue weighted by Gasteiger charge is 2.05. The van der Waals surface area contributed by atoms with E-state index in [0.29, 0.717) is 6.54 Å². The molecule has 1 aromatic heterocycles. The summed E-state index contributed by atoms with van der Waals surface area (Å²) in [7, 11) is 1.94. The molecule has 0 aromatic carbocycles. The Balaban J connectivity index is 2.71. The fraction of sp³-hybridized carbons (Fsp3) is 0.545. The van der Waals surface area contributed by atoms with Crippen molar-refractivity contribution < 1.29 is 5.11 Å². The van der Waals surface area contributed by atoms with E-state index in [1.807, 2.05) is 24.9 Å². The third-order valence-corrected chi connectivity index (χ3v) is 2.08. The predicted molar refractivity (Wildman–Crippen MR) is 63.4 cm³/mol. The van der Waals surface area contributed by atoms with Crippen LogP contribution in [0.5, 0.6) is 0 Å². The van der Waals surface area contributed by atoms with Crippen LogP contribution in [0, 0.1) is 0 Å². The second kappa shape index (κ2) is 5.56. The first-order valence-corrected chi connectivity index (χ1v) is 5.21. The first kappa shape index (κ1) is 11.8. The van der Waals surface area contributed by atoms with Crippen molar-refractivity contribution in [3.63, 3.8) is 0 Å². The van der Waals surface area contributed by atoms with Crippen LogP contribution in [-0.4, -0.2) is 36.3 Å². The fourth-order valence-corrected chi connectivity index (χ4v) is 1.44. The molecule has 1 rings (SSSR count). The molecule has 84 valence electrons. The lowest BCUT2D eigenvalue weighted by molar-refractivity contribution is 0.201. The molecule has 4 heteroatoms. The number of rotatable bonds is 5. The molecular formula is C11H19N3O. The van der Waals surface area contributed by atoms with Crippen LogP contribution >= 0.6 is 0 Å². The largest absolute Gasteiger partial charge is 0.392 e. The first-order chi connectivity index (χ1) is 7.13. The number of nitrogens with one attached hydrogen (secondary N) is 1. The lowest BCUT2D eigenvalue weighted by Crippen LogP contribution is -2.26. The molecule has 0 saturated heterocycles. The minimum Gasteiger partial charge on any atom is -0.392 e. The lowest BCUT2D eigenvalue weighted by atomic mass is 10.3. The topological polar surface area (TPSA) is 48.4 Å². The van der Waals surface area contributed by atoms with Gasteiger partial charge in [0.05, 0.1) is 29.9 Å². The van der Waals surface area contributed by atoms with Crippen molar-refractivity contribution in [2.75, 3.05) is 30.4 Å². The van der Waals surface area contributed by atoms with Gasteiger partial charge in [0.1, 0.15) is 0 Å². The summed E-state index contributed by atoms with van der Waals surface area (Å²) in [4.78, 5) is 6.13. The molecule has 1 unspecified atom stereocenters. The number of nitrogens with zero attached hydrogens (tertiary/aromatic N) is 2. The zero-order chi connectivity index (χ0) is 11.3. The highest BCUT2D eigenvalue weighted by Crippen LogP contribution is 2.16. The van der Waals surface area contributed by atoms with Crippen molar-refractivity contribution in [1.29, 1.82) is 0 Å². The number of aliphatic hydroxyl groups is 1. The molecule has 2 N–H and O–H groups in total. The summed E-state index contributed by atoms with van der Waals surface area (Å²) < 4.78 is 0. The molecule has 0 spiro atoms. The van der Waals surface area contributed by atoms with Crippen LogP contribution in [0.25, 0.3) is 0 Å². The SMILES string of the molecule is CCNc1cncc(N(C)CC(C)O)c1. The van der Waals surface area contributed by atoms with Gasteiger partial charge in [-0.1, -0.05) is 0 Å². The smallest absolute Gasteiger partial charge is 0.0686 e. The van der Waals surface area contributed by atoms with Gasteiger partial charge in [0.25, 0.3) is 0 Å². The minimum atomic E-state index is -0.335. The highest BCUT2D eigenvalue weighted by molar-refractivity contribution is 5.55. The van der Waals surface area contributed by atoms with E-state index in [1.165, 1.54) is 0 Å². The van der Waals surface area contributed by atoms with E-state index in [1.54, 1.807) is 19.3 Å². The van der Waals surface area contributed by atoms with Gasteiger partial charge in [-0.3, -0.25) is 4.98 Å². The van der Waals surface area contributed by atoms with Crippen molar-refractivity contribution >= 4 is 11.4 Å². The number of pyridine rings is 1. The van der Waals surface area contributed by atoms with Crippen LogP contribution in [0.4, 0.5) is 11.4 Å². The Morgan fingerprint density at radius 2 is 2.27 bits per heavy atom. The maximum atomic E-state index is 9.28. The second-order valence-electron chi connectivity index (χ2n) is 3.69. The molecule has 0 fully saturated rings. The molecule has 0 aliphatic heterocycles. The molecule has 0 saturated carbocycles. The van der Waals surface area contributed by atoms with Gasteiger partial charge in [0.15, 0.2) is 0 Å². The predicted octanol–water partition coefficient (Wildman–Crippen LogP) is 1.33. The van der Waals surface area contributed by atoms with Gasteiger partial charge in [0, 0.05) is 20.1 Å². The number of likely N-dealkylation sites (N-methyl/N-ethyl adjacent to an activating group) is 1. The van der Waals surface area contributed by atoms with E-state index in [4.69, 9.17) is 0 Å². The van der Waals surface area contributed by atoms with Crippen LogP contribution in [0.15, 0.2) is 18.5 Å². The summed E-state index contributed by atoms with van der Waals surface area (Å²) in [6, 6.07) is 2.03. The lowest BCUT2D eigenvalue weighted by Gasteiger charge is -2.21. The van der Waals surface area contributed by atoms with E-state index >= 15 is 0 Å². The summed E-state index contributed by atoms with van der Waals surface area (Å²) in [5.41, 5.74) is 2.02. The van der Waals surface area contributed by atoms with Crippen molar-refractivity contribution in [3.8, 4) is 0 Å². The zero-order valence-electron chi connectivity index (χ0n) is 9.57.